The van der Waals surface area contributed by atoms with Crippen LogP contribution >= 0.6 is 0 Å². The summed E-state index contributed by atoms with van der Waals surface area (Å²) in [6.45, 7) is 0.291. The van der Waals surface area contributed by atoms with Gasteiger partial charge in [0.2, 0.25) is 5.91 Å². The van der Waals surface area contributed by atoms with Gasteiger partial charge in [-0.15, -0.1) is 0 Å². The van der Waals surface area contributed by atoms with Gasteiger partial charge in [-0.1, -0.05) is 0 Å². The number of benzene rings is 2. The molecule has 0 aromatic heterocycles. The number of ether oxygens (including phenoxy) is 3. The quantitative estimate of drug-likeness (QED) is 0.638. The highest BCUT2D eigenvalue weighted by Crippen LogP contribution is 2.30. The highest BCUT2D eigenvalue weighted by atomic mass is 19.1. The second-order valence-corrected chi connectivity index (χ2v) is 5.60. The lowest BCUT2D eigenvalue weighted by Crippen LogP contribution is -2.33. The summed E-state index contributed by atoms with van der Waals surface area (Å²) < 4.78 is 41.9. The molecule has 150 valence electrons. The maximum Gasteiger partial charge on any atom is 0.251 e. The first-order chi connectivity index (χ1) is 13.4. The molecule has 0 saturated heterocycles. The van der Waals surface area contributed by atoms with Gasteiger partial charge in [-0.3, -0.25) is 9.59 Å². The second-order valence-electron chi connectivity index (χ2n) is 5.60. The molecule has 0 aliphatic rings. The van der Waals surface area contributed by atoms with Crippen LogP contribution in [0.4, 0.5) is 14.5 Å². The van der Waals surface area contributed by atoms with Crippen LogP contribution in [0.25, 0.3) is 0 Å². The molecule has 2 aromatic carbocycles. The number of carbonyl (C=O) groups is 2. The minimum Gasteiger partial charge on any atom is -0.493 e. The molecule has 0 bridgehead atoms. The Kier molecular flexibility index (Phi) is 7.70. The first kappa shape index (κ1) is 21.1. The molecule has 2 amide bonds. The normalized spacial score (nSPS) is 10.3. The van der Waals surface area contributed by atoms with E-state index in [0.29, 0.717) is 36.5 Å². The van der Waals surface area contributed by atoms with Crippen LogP contribution in [0.2, 0.25) is 0 Å². The fourth-order valence-electron chi connectivity index (χ4n) is 2.25. The molecule has 28 heavy (non-hydrogen) atoms. The minimum absolute atomic E-state index is 0.219. The number of nitrogens with one attached hydrogen (secondary N) is 2. The molecule has 2 N–H and O–H groups in total. The van der Waals surface area contributed by atoms with Gasteiger partial charge in [0.15, 0.2) is 11.5 Å². The summed E-state index contributed by atoms with van der Waals surface area (Å²) in [6.07, 6.45) is 0. The predicted molar refractivity (Wildman–Crippen MR) is 97.7 cm³/mol. The van der Waals surface area contributed by atoms with E-state index < -0.39 is 23.4 Å². The van der Waals surface area contributed by atoms with Crippen molar-refractivity contribution in [3.8, 4) is 11.5 Å². The first-order valence-corrected chi connectivity index (χ1v) is 8.27. The standard InChI is InChI=1S/C19H20F2N2O5/c1-26-5-6-28-17-10-15(3-4-16(17)27-2)23-18(24)11-22-19(25)12-7-13(20)9-14(21)8-12/h3-4,7-10H,5-6,11H2,1-2H3,(H,22,25)(H,23,24). The SMILES string of the molecule is COCCOc1cc(NC(=O)CNC(=O)c2cc(F)cc(F)c2)ccc1OC. The zero-order valence-corrected chi connectivity index (χ0v) is 15.4. The van der Waals surface area contributed by atoms with E-state index in [9.17, 15) is 18.4 Å². The van der Waals surface area contributed by atoms with Crippen LogP contribution in [0.15, 0.2) is 36.4 Å². The Labute approximate surface area is 160 Å². The summed E-state index contributed by atoms with van der Waals surface area (Å²) in [6, 6.07) is 7.19. The van der Waals surface area contributed by atoms with Gasteiger partial charge in [0, 0.05) is 30.5 Å². The highest BCUT2D eigenvalue weighted by molar-refractivity contribution is 5.99. The number of halogens is 2. The van der Waals surface area contributed by atoms with Gasteiger partial charge in [-0.25, -0.2) is 8.78 Å². The number of anilines is 1. The Morgan fingerprint density at radius 1 is 0.964 bits per heavy atom. The zero-order valence-electron chi connectivity index (χ0n) is 15.4. The Hall–Kier alpha value is -3.20. The summed E-state index contributed by atoms with van der Waals surface area (Å²) >= 11 is 0. The van der Waals surface area contributed by atoms with Crippen LogP contribution in [-0.4, -0.2) is 45.8 Å². The van der Waals surface area contributed by atoms with Gasteiger partial charge < -0.3 is 24.8 Å². The maximum absolute atomic E-state index is 13.2. The Balaban J connectivity index is 1.94. The third-order valence-corrected chi connectivity index (χ3v) is 3.53. The average molecular weight is 394 g/mol. The van der Waals surface area contributed by atoms with Gasteiger partial charge in [0.25, 0.3) is 5.91 Å². The lowest BCUT2D eigenvalue weighted by atomic mass is 10.2. The average Bonchev–Trinajstić information content (AvgIpc) is 2.66. The Morgan fingerprint density at radius 3 is 2.32 bits per heavy atom. The van der Waals surface area contributed by atoms with E-state index in [1.165, 1.54) is 7.11 Å². The molecule has 0 radical (unpaired) electrons. The van der Waals surface area contributed by atoms with Gasteiger partial charge in [-0.05, 0) is 24.3 Å². The van der Waals surface area contributed by atoms with Crippen molar-refractivity contribution in [2.75, 3.05) is 39.3 Å². The monoisotopic (exact) mass is 394 g/mol. The molecule has 0 unspecified atom stereocenters. The third-order valence-electron chi connectivity index (χ3n) is 3.53. The second kappa shape index (κ2) is 10.2. The summed E-state index contributed by atoms with van der Waals surface area (Å²) in [5, 5.41) is 4.88. The van der Waals surface area contributed by atoms with Crippen LogP contribution in [0, 0.1) is 11.6 Å². The molecule has 0 fully saturated rings. The van der Waals surface area contributed by atoms with E-state index in [1.807, 2.05) is 0 Å². The lowest BCUT2D eigenvalue weighted by molar-refractivity contribution is -0.115. The molecule has 0 saturated carbocycles. The Morgan fingerprint density at radius 2 is 1.68 bits per heavy atom. The molecule has 0 aliphatic carbocycles. The molecule has 2 aromatic rings. The summed E-state index contributed by atoms with van der Waals surface area (Å²) in [7, 11) is 3.03. The minimum atomic E-state index is -0.881. The van der Waals surface area contributed by atoms with Crippen molar-refractivity contribution < 1.29 is 32.6 Å². The summed E-state index contributed by atoms with van der Waals surface area (Å²) in [5.74, 6) is -2.17. The first-order valence-electron chi connectivity index (χ1n) is 8.27. The fraction of sp³-hybridized carbons (Fsp3) is 0.263. The molecule has 9 heteroatoms. The van der Waals surface area contributed by atoms with Crippen LogP contribution in [-0.2, 0) is 9.53 Å². The molecule has 0 atom stereocenters. The number of hydrogen-bond donors (Lipinski definition) is 2. The number of rotatable bonds is 9. The Bertz CT molecular complexity index is 825. The van der Waals surface area contributed by atoms with Gasteiger partial charge >= 0.3 is 0 Å². The highest BCUT2D eigenvalue weighted by Gasteiger charge is 2.12. The molecule has 0 spiro atoms. The zero-order chi connectivity index (χ0) is 20.5. The topological polar surface area (TPSA) is 85.9 Å². The van der Waals surface area contributed by atoms with Crippen molar-refractivity contribution in [3.63, 3.8) is 0 Å². The van der Waals surface area contributed by atoms with Crippen molar-refractivity contribution in [1.29, 1.82) is 0 Å². The summed E-state index contributed by atoms with van der Waals surface area (Å²) in [5.41, 5.74) is 0.202. The van der Waals surface area contributed by atoms with Gasteiger partial charge in [0.05, 0.1) is 20.3 Å². The van der Waals surface area contributed by atoms with Gasteiger partial charge in [-0.2, -0.15) is 0 Å². The van der Waals surface area contributed by atoms with Gasteiger partial charge in [0.1, 0.15) is 18.2 Å². The van der Waals surface area contributed by atoms with Crippen molar-refractivity contribution in [1.82, 2.24) is 5.32 Å². The van der Waals surface area contributed by atoms with Crippen molar-refractivity contribution in [2.24, 2.45) is 0 Å². The van der Waals surface area contributed by atoms with Crippen molar-refractivity contribution in [3.05, 3.63) is 53.6 Å². The number of carbonyl (C=O) groups excluding carboxylic acids is 2. The summed E-state index contributed by atoms with van der Waals surface area (Å²) in [4.78, 5) is 24.0. The van der Waals surface area contributed by atoms with Crippen LogP contribution in [0.1, 0.15) is 10.4 Å². The van der Waals surface area contributed by atoms with Crippen molar-refractivity contribution >= 4 is 17.5 Å². The molecule has 0 heterocycles. The predicted octanol–water partition coefficient (Wildman–Crippen LogP) is 2.37. The molecular formula is C19H20F2N2O5. The van der Waals surface area contributed by atoms with E-state index in [4.69, 9.17) is 14.2 Å². The van der Waals surface area contributed by atoms with E-state index in [-0.39, 0.29) is 12.1 Å². The van der Waals surface area contributed by atoms with Crippen LogP contribution in [0.5, 0.6) is 11.5 Å². The van der Waals surface area contributed by atoms with Crippen LogP contribution < -0.4 is 20.1 Å². The fourth-order valence-corrected chi connectivity index (χ4v) is 2.25. The molecule has 0 aliphatic heterocycles. The largest absolute Gasteiger partial charge is 0.493 e. The lowest BCUT2D eigenvalue weighted by Gasteiger charge is -2.13. The molecule has 2 rings (SSSR count). The van der Waals surface area contributed by atoms with Crippen molar-refractivity contribution in [2.45, 2.75) is 0 Å². The van der Waals surface area contributed by atoms with E-state index in [0.717, 1.165) is 12.1 Å². The third kappa shape index (κ3) is 6.20. The van der Waals surface area contributed by atoms with Crippen LogP contribution in [0.3, 0.4) is 0 Å². The smallest absolute Gasteiger partial charge is 0.251 e. The van der Waals surface area contributed by atoms with E-state index in [2.05, 4.69) is 10.6 Å². The molecular weight excluding hydrogens is 374 g/mol. The maximum atomic E-state index is 13.2. The van der Waals surface area contributed by atoms with E-state index in [1.54, 1.807) is 25.3 Å². The van der Waals surface area contributed by atoms with E-state index >= 15 is 0 Å². The number of hydrogen-bond acceptors (Lipinski definition) is 5. The number of methoxy groups -OCH3 is 2. The molecule has 7 nitrogen and oxygen atoms in total. The number of amides is 2.